The van der Waals surface area contributed by atoms with Gasteiger partial charge in [-0.3, -0.25) is 4.79 Å². The minimum atomic E-state index is -0.207. The maximum absolute atomic E-state index is 12.2. The lowest BCUT2D eigenvalue weighted by atomic mass is 10.0. The number of benzene rings is 1. The third kappa shape index (κ3) is 3.23. The van der Waals surface area contributed by atoms with Crippen molar-refractivity contribution in [2.75, 3.05) is 18.0 Å². The predicted molar refractivity (Wildman–Crippen MR) is 91.1 cm³/mol. The zero-order chi connectivity index (χ0) is 16.2. The van der Waals surface area contributed by atoms with Crippen molar-refractivity contribution < 1.29 is 4.79 Å². The second kappa shape index (κ2) is 6.60. The van der Waals surface area contributed by atoms with Gasteiger partial charge >= 0.3 is 0 Å². The fraction of sp³-hybridized carbons (Fsp3) is 0.278. The molecule has 1 aromatic heterocycles. The molecule has 0 aliphatic carbocycles. The Bertz CT molecular complexity index is 742. The van der Waals surface area contributed by atoms with Gasteiger partial charge in [-0.2, -0.15) is 0 Å². The zero-order valence-electron chi connectivity index (χ0n) is 13.2. The topological polar surface area (TPSA) is 58.1 Å². The first-order valence-corrected chi connectivity index (χ1v) is 7.79. The molecule has 2 aromatic rings. The Labute approximate surface area is 136 Å². The van der Waals surface area contributed by atoms with E-state index in [0.29, 0.717) is 18.1 Å². The van der Waals surface area contributed by atoms with E-state index < -0.39 is 0 Å². The van der Waals surface area contributed by atoms with Crippen LogP contribution in [0.15, 0.2) is 43.0 Å². The highest BCUT2D eigenvalue weighted by molar-refractivity contribution is 5.93. The lowest BCUT2D eigenvalue weighted by Gasteiger charge is -2.30. The molecule has 1 aliphatic rings. The Morgan fingerprint density at radius 2 is 2.22 bits per heavy atom. The molecule has 0 bridgehead atoms. The normalized spacial score (nSPS) is 13.3. The van der Waals surface area contributed by atoms with Gasteiger partial charge in [0.25, 0.3) is 5.91 Å². The van der Waals surface area contributed by atoms with Crippen LogP contribution in [0.1, 0.15) is 28.3 Å². The molecule has 3 rings (SSSR count). The first-order chi connectivity index (χ1) is 11.2. The van der Waals surface area contributed by atoms with Crippen LogP contribution in [-0.4, -0.2) is 29.0 Å². The van der Waals surface area contributed by atoms with Gasteiger partial charge < -0.3 is 10.2 Å². The van der Waals surface area contributed by atoms with Crippen LogP contribution < -0.4 is 10.2 Å². The van der Waals surface area contributed by atoms with Crippen LogP contribution in [0.2, 0.25) is 0 Å². The molecule has 0 atom stereocenters. The lowest BCUT2D eigenvalue weighted by Crippen LogP contribution is -2.28. The molecule has 1 aliphatic heterocycles. The maximum Gasteiger partial charge on any atom is 0.270 e. The highest BCUT2D eigenvalue weighted by atomic mass is 16.1. The molecule has 0 unspecified atom stereocenters. The lowest BCUT2D eigenvalue weighted by molar-refractivity contribution is 0.0952. The molecule has 0 fully saturated rings. The summed E-state index contributed by atoms with van der Waals surface area (Å²) in [5.41, 5.74) is 2.86. The molecule has 2 heterocycles. The van der Waals surface area contributed by atoms with Crippen molar-refractivity contribution in [1.29, 1.82) is 0 Å². The Morgan fingerprint density at radius 3 is 3.04 bits per heavy atom. The van der Waals surface area contributed by atoms with Crippen molar-refractivity contribution in [2.24, 2.45) is 0 Å². The summed E-state index contributed by atoms with van der Waals surface area (Å²) < 4.78 is 0. The van der Waals surface area contributed by atoms with Gasteiger partial charge in [0.05, 0.1) is 0 Å². The minimum absolute atomic E-state index is 0.207. The molecule has 0 saturated heterocycles. The summed E-state index contributed by atoms with van der Waals surface area (Å²) >= 11 is 0. The molecule has 5 nitrogen and oxygen atoms in total. The summed E-state index contributed by atoms with van der Waals surface area (Å²) in [6.45, 7) is 6.72. The standard InChI is InChI=1S/C18H20N4O/c1-3-10-19-18(23)15-12-17(21-13(2)20-15)22-11-6-8-14-7-4-5-9-16(14)22/h3-5,7,9,12H,1,6,8,10-11H2,2H3,(H,19,23). The van der Waals surface area contributed by atoms with Crippen LogP contribution in [0, 0.1) is 6.92 Å². The van der Waals surface area contributed by atoms with E-state index in [1.54, 1.807) is 12.1 Å². The molecular weight excluding hydrogens is 288 g/mol. The number of carbonyl (C=O) groups excluding carboxylic acids is 1. The molecule has 0 spiro atoms. The molecule has 1 aromatic carbocycles. The predicted octanol–water partition coefficient (Wildman–Crippen LogP) is 2.79. The number of amides is 1. The highest BCUT2D eigenvalue weighted by Crippen LogP contribution is 2.32. The fourth-order valence-electron chi connectivity index (χ4n) is 2.83. The van der Waals surface area contributed by atoms with E-state index in [1.807, 2.05) is 13.0 Å². The number of rotatable bonds is 4. The zero-order valence-corrected chi connectivity index (χ0v) is 13.2. The largest absolute Gasteiger partial charge is 0.347 e. The number of aryl methyl sites for hydroxylation is 2. The van der Waals surface area contributed by atoms with E-state index in [-0.39, 0.29) is 5.91 Å². The number of hydrogen-bond donors (Lipinski definition) is 1. The second-order valence-electron chi connectivity index (χ2n) is 5.54. The SMILES string of the molecule is C=CCNC(=O)c1cc(N2CCCc3ccccc32)nc(C)n1. The molecule has 118 valence electrons. The van der Waals surface area contributed by atoms with E-state index in [9.17, 15) is 4.79 Å². The second-order valence-corrected chi connectivity index (χ2v) is 5.54. The number of carbonyl (C=O) groups is 1. The first kappa shape index (κ1) is 15.2. The summed E-state index contributed by atoms with van der Waals surface area (Å²) in [7, 11) is 0. The van der Waals surface area contributed by atoms with E-state index in [0.717, 1.165) is 30.9 Å². The highest BCUT2D eigenvalue weighted by Gasteiger charge is 2.20. The Hall–Kier alpha value is -2.69. The number of hydrogen-bond acceptors (Lipinski definition) is 4. The van der Waals surface area contributed by atoms with Crippen LogP contribution in [0.25, 0.3) is 0 Å². The fourth-order valence-corrected chi connectivity index (χ4v) is 2.83. The smallest absolute Gasteiger partial charge is 0.270 e. The van der Waals surface area contributed by atoms with Gasteiger partial charge in [-0.15, -0.1) is 6.58 Å². The summed E-state index contributed by atoms with van der Waals surface area (Å²) in [4.78, 5) is 23.1. The average Bonchev–Trinajstić information content (AvgIpc) is 2.58. The van der Waals surface area contributed by atoms with Gasteiger partial charge in [-0.25, -0.2) is 9.97 Å². The van der Waals surface area contributed by atoms with Gasteiger partial charge in [0, 0.05) is 24.8 Å². The van der Waals surface area contributed by atoms with Crippen LogP contribution in [0.5, 0.6) is 0 Å². The number of nitrogens with one attached hydrogen (secondary N) is 1. The Balaban J connectivity index is 1.96. The van der Waals surface area contributed by atoms with E-state index in [1.165, 1.54) is 5.56 Å². The number of para-hydroxylation sites is 1. The van der Waals surface area contributed by atoms with Crippen molar-refractivity contribution in [3.05, 3.63) is 60.1 Å². The Morgan fingerprint density at radius 1 is 1.39 bits per heavy atom. The quantitative estimate of drug-likeness (QED) is 0.882. The molecule has 0 saturated carbocycles. The molecule has 1 N–H and O–H groups in total. The van der Waals surface area contributed by atoms with Gasteiger partial charge in [0.1, 0.15) is 17.3 Å². The maximum atomic E-state index is 12.2. The number of nitrogens with zero attached hydrogens (tertiary/aromatic N) is 3. The van der Waals surface area contributed by atoms with Gasteiger partial charge in [-0.1, -0.05) is 24.3 Å². The number of aromatic nitrogens is 2. The first-order valence-electron chi connectivity index (χ1n) is 7.79. The van der Waals surface area contributed by atoms with Gasteiger partial charge in [-0.05, 0) is 31.4 Å². The summed E-state index contributed by atoms with van der Waals surface area (Å²) in [6, 6.07) is 10.1. The molecule has 5 heteroatoms. The third-order valence-corrected chi connectivity index (χ3v) is 3.85. The van der Waals surface area contributed by atoms with E-state index in [2.05, 4.69) is 45.0 Å². The summed E-state index contributed by atoms with van der Waals surface area (Å²) in [5.74, 6) is 1.16. The van der Waals surface area contributed by atoms with E-state index in [4.69, 9.17) is 0 Å². The molecular formula is C18H20N4O. The van der Waals surface area contributed by atoms with Crippen molar-refractivity contribution >= 4 is 17.4 Å². The minimum Gasteiger partial charge on any atom is -0.347 e. The van der Waals surface area contributed by atoms with Crippen LogP contribution in [0.3, 0.4) is 0 Å². The van der Waals surface area contributed by atoms with Crippen LogP contribution in [-0.2, 0) is 6.42 Å². The molecule has 1 amide bonds. The Kier molecular flexibility index (Phi) is 4.37. The number of anilines is 2. The van der Waals surface area contributed by atoms with Gasteiger partial charge in [0.15, 0.2) is 0 Å². The van der Waals surface area contributed by atoms with Crippen LogP contribution >= 0.6 is 0 Å². The van der Waals surface area contributed by atoms with Crippen molar-refractivity contribution in [1.82, 2.24) is 15.3 Å². The van der Waals surface area contributed by atoms with Crippen molar-refractivity contribution in [3.63, 3.8) is 0 Å². The summed E-state index contributed by atoms with van der Waals surface area (Å²) in [6.07, 6.45) is 3.79. The molecule has 23 heavy (non-hydrogen) atoms. The van der Waals surface area contributed by atoms with Crippen molar-refractivity contribution in [2.45, 2.75) is 19.8 Å². The summed E-state index contributed by atoms with van der Waals surface area (Å²) in [5, 5.41) is 2.76. The van der Waals surface area contributed by atoms with E-state index >= 15 is 0 Å². The van der Waals surface area contributed by atoms with Crippen molar-refractivity contribution in [3.8, 4) is 0 Å². The molecule has 0 radical (unpaired) electrons. The monoisotopic (exact) mass is 308 g/mol. The van der Waals surface area contributed by atoms with Gasteiger partial charge in [0.2, 0.25) is 0 Å². The van der Waals surface area contributed by atoms with Crippen LogP contribution in [0.4, 0.5) is 11.5 Å². The third-order valence-electron chi connectivity index (χ3n) is 3.85. The number of fused-ring (bicyclic) bond motifs is 1. The average molecular weight is 308 g/mol.